The molecule has 0 saturated carbocycles. The van der Waals surface area contributed by atoms with Crippen LogP contribution in [0.25, 0.3) is 34.0 Å². The normalized spacial score (nSPS) is 15.2. The summed E-state index contributed by atoms with van der Waals surface area (Å²) in [5.74, 6) is 2.02. The summed E-state index contributed by atoms with van der Waals surface area (Å²) < 4.78 is 2.01. The standard InChI is InChI=1S/C46H33N4/c1-3-15-32(16-4-1)43-47-44(33-17-5-2-6-18-33)49-45(48-43)50-29-27-31(28-30-50)42-36-21-9-13-25-40(36)46(41-26-14-10-22-37(41)42)38-23-11-7-19-34(38)35-20-8-12-24-39(35)46/h1,3-5,7-30,42H,2,6H2/q+1. The number of pyridine rings is 1. The van der Waals surface area contributed by atoms with Crippen molar-refractivity contribution in [1.29, 1.82) is 0 Å². The zero-order valence-electron chi connectivity index (χ0n) is 27.4. The van der Waals surface area contributed by atoms with Crippen LogP contribution in [0.3, 0.4) is 0 Å². The van der Waals surface area contributed by atoms with Crippen molar-refractivity contribution < 1.29 is 4.57 Å². The lowest BCUT2D eigenvalue weighted by Crippen LogP contribution is -2.36. The van der Waals surface area contributed by atoms with E-state index in [4.69, 9.17) is 15.0 Å². The van der Waals surface area contributed by atoms with E-state index < -0.39 is 0 Å². The first kappa shape index (κ1) is 28.7. The molecule has 0 aliphatic heterocycles. The highest BCUT2D eigenvalue weighted by atomic mass is 15.2. The summed E-state index contributed by atoms with van der Waals surface area (Å²) in [6.45, 7) is 0. The molecule has 1 spiro atoms. The summed E-state index contributed by atoms with van der Waals surface area (Å²) in [7, 11) is 0. The predicted octanol–water partition coefficient (Wildman–Crippen LogP) is 9.41. The Labute approximate surface area is 291 Å². The van der Waals surface area contributed by atoms with Crippen LogP contribution in [0, 0.1) is 0 Å². The Bertz CT molecular complexity index is 2400. The van der Waals surface area contributed by atoms with Gasteiger partial charge < -0.3 is 0 Å². The van der Waals surface area contributed by atoms with Gasteiger partial charge in [-0.05, 0) is 97.1 Å². The molecule has 0 N–H and O–H groups in total. The van der Waals surface area contributed by atoms with Crippen molar-refractivity contribution in [1.82, 2.24) is 15.0 Å². The first-order chi connectivity index (χ1) is 24.8. The molecule has 0 amide bonds. The number of hydrogen-bond donors (Lipinski definition) is 0. The second-order valence-electron chi connectivity index (χ2n) is 13.3. The summed E-state index contributed by atoms with van der Waals surface area (Å²) >= 11 is 0. The molecule has 0 atom stereocenters. The average Bonchev–Trinajstić information content (AvgIpc) is 3.49. The van der Waals surface area contributed by atoms with E-state index in [1.807, 2.05) is 34.9 Å². The van der Waals surface area contributed by atoms with Gasteiger partial charge in [0, 0.05) is 17.1 Å². The molecular formula is C46H33N4+. The topological polar surface area (TPSA) is 42.5 Å². The van der Waals surface area contributed by atoms with Crippen LogP contribution in [0.4, 0.5) is 0 Å². The SMILES string of the molecule is C1=CC(c2nc(-c3ccccc3)nc(-[n+]3ccc(C4c5ccccc5C5(c6ccccc6-c6ccccc65)c5ccccc54)cc3)n2)=CCC1. The fourth-order valence-electron chi connectivity index (χ4n) is 8.54. The van der Waals surface area contributed by atoms with Crippen LogP contribution in [-0.2, 0) is 5.41 Å². The predicted molar refractivity (Wildman–Crippen MR) is 198 cm³/mol. The molecule has 3 aliphatic carbocycles. The van der Waals surface area contributed by atoms with Gasteiger partial charge in [-0.3, -0.25) is 0 Å². The molecule has 5 aromatic carbocycles. The summed E-state index contributed by atoms with van der Waals surface area (Å²) in [5.41, 5.74) is 13.6. The van der Waals surface area contributed by atoms with Crippen molar-refractivity contribution in [3.05, 3.63) is 215 Å². The Hall–Kier alpha value is -6.26. The molecule has 0 radical (unpaired) electrons. The van der Waals surface area contributed by atoms with E-state index in [9.17, 15) is 0 Å². The maximum atomic E-state index is 4.98. The third-order valence-corrected chi connectivity index (χ3v) is 10.6. The van der Waals surface area contributed by atoms with Gasteiger partial charge in [0.15, 0.2) is 0 Å². The molecule has 0 fully saturated rings. The van der Waals surface area contributed by atoms with Crippen LogP contribution >= 0.6 is 0 Å². The molecule has 0 unspecified atom stereocenters. The molecule has 4 nitrogen and oxygen atoms in total. The zero-order valence-corrected chi connectivity index (χ0v) is 27.4. The van der Waals surface area contributed by atoms with E-state index in [-0.39, 0.29) is 11.3 Å². The maximum Gasteiger partial charge on any atom is 0.441 e. The largest absolute Gasteiger partial charge is 0.441 e. The molecular weight excluding hydrogens is 609 g/mol. The van der Waals surface area contributed by atoms with Crippen LogP contribution in [-0.4, -0.2) is 15.0 Å². The molecule has 4 heteroatoms. The Morgan fingerprint density at radius 1 is 0.520 bits per heavy atom. The highest BCUT2D eigenvalue weighted by molar-refractivity contribution is 5.88. The number of fused-ring (bicyclic) bond motifs is 9. The molecule has 0 saturated heterocycles. The van der Waals surface area contributed by atoms with Crippen molar-refractivity contribution in [3.63, 3.8) is 0 Å². The minimum Gasteiger partial charge on any atom is -0.206 e. The first-order valence-corrected chi connectivity index (χ1v) is 17.4. The first-order valence-electron chi connectivity index (χ1n) is 17.4. The lowest BCUT2D eigenvalue weighted by molar-refractivity contribution is -0.603. The summed E-state index contributed by atoms with van der Waals surface area (Å²) in [5, 5.41) is 0. The Kier molecular flexibility index (Phi) is 6.56. The lowest BCUT2D eigenvalue weighted by Gasteiger charge is -2.43. The van der Waals surface area contributed by atoms with Crippen LogP contribution in [0.1, 0.15) is 63.5 Å². The highest BCUT2D eigenvalue weighted by Crippen LogP contribution is 2.61. The van der Waals surface area contributed by atoms with E-state index in [1.165, 1.54) is 50.1 Å². The van der Waals surface area contributed by atoms with E-state index in [2.05, 4.69) is 140 Å². The van der Waals surface area contributed by atoms with Crippen molar-refractivity contribution in [2.45, 2.75) is 24.2 Å². The Balaban J connectivity index is 1.13. The summed E-state index contributed by atoms with van der Waals surface area (Å²) in [4.78, 5) is 14.8. The highest BCUT2D eigenvalue weighted by Gasteiger charge is 2.51. The number of hydrogen-bond acceptors (Lipinski definition) is 3. The molecule has 3 aliphatic rings. The van der Waals surface area contributed by atoms with Crippen LogP contribution in [0.2, 0.25) is 0 Å². The Morgan fingerprint density at radius 2 is 1.08 bits per heavy atom. The quantitative estimate of drug-likeness (QED) is 0.180. The minimum atomic E-state index is -0.386. The van der Waals surface area contributed by atoms with E-state index in [0.29, 0.717) is 17.6 Å². The van der Waals surface area contributed by atoms with E-state index >= 15 is 0 Å². The van der Waals surface area contributed by atoms with Gasteiger partial charge in [-0.1, -0.05) is 133 Å². The van der Waals surface area contributed by atoms with Crippen molar-refractivity contribution >= 4 is 5.57 Å². The van der Waals surface area contributed by atoms with Gasteiger partial charge in [-0.2, -0.15) is 4.98 Å². The lowest BCUT2D eigenvalue weighted by atomic mass is 9.58. The van der Waals surface area contributed by atoms with Crippen LogP contribution < -0.4 is 4.57 Å². The fraction of sp³-hybridized carbons (Fsp3) is 0.0870. The smallest absolute Gasteiger partial charge is 0.206 e. The third-order valence-electron chi connectivity index (χ3n) is 10.6. The fourth-order valence-corrected chi connectivity index (χ4v) is 8.54. The summed E-state index contributed by atoms with van der Waals surface area (Å²) in [6.07, 6.45) is 12.8. The van der Waals surface area contributed by atoms with Crippen LogP contribution in [0.15, 0.2) is 170 Å². The molecule has 236 valence electrons. The van der Waals surface area contributed by atoms with E-state index in [0.717, 1.165) is 24.0 Å². The maximum absolute atomic E-state index is 4.98. The number of aromatic nitrogens is 4. The van der Waals surface area contributed by atoms with Crippen molar-refractivity contribution in [3.8, 4) is 28.5 Å². The molecule has 2 heterocycles. The summed E-state index contributed by atoms with van der Waals surface area (Å²) in [6, 6.07) is 50.7. The van der Waals surface area contributed by atoms with Gasteiger partial charge in [-0.25, -0.2) is 4.57 Å². The van der Waals surface area contributed by atoms with Gasteiger partial charge in [0.1, 0.15) is 0 Å². The second kappa shape index (κ2) is 11.4. The molecule has 10 rings (SSSR count). The number of allylic oxidation sites excluding steroid dienone is 4. The molecule has 0 bridgehead atoms. The molecule has 7 aromatic rings. The zero-order chi connectivity index (χ0) is 33.1. The van der Waals surface area contributed by atoms with Gasteiger partial charge in [0.25, 0.3) is 0 Å². The van der Waals surface area contributed by atoms with Crippen LogP contribution in [0.5, 0.6) is 0 Å². The van der Waals surface area contributed by atoms with Crippen molar-refractivity contribution in [2.24, 2.45) is 0 Å². The number of rotatable bonds is 4. The minimum absolute atomic E-state index is 0.0638. The molecule has 50 heavy (non-hydrogen) atoms. The van der Waals surface area contributed by atoms with Gasteiger partial charge in [0.2, 0.25) is 11.6 Å². The average molecular weight is 642 g/mol. The number of nitrogens with zero attached hydrogens (tertiary/aromatic N) is 4. The third kappa shape index (κ3) is 4.25. The Morgan fingerprint density at radius 3 is 1.70 bits per heavy atom. The van der Waals surface area contributed by atoms with Gasteiger partial charge in [-0.15, -0.1) is 0 Å². The molecule has 2 aromatic heterocycles. The van der Waals surface area contributed by atoms with E-state index in [1.54, 1.807) is 0 Å². The number of benzene rings is 5. The second-order valence-corrected chi connectivity index (χ2v) is 13.3. The monoisotopic (exact) mass is 641 g/mol. The van der Waals surface area contributed by atoms with Gasteiger partial charge >= 0.3 is 5.95 Å². The van der Waals surface area contributed by atoms with Crippen molar-refractivity contribution in [2.75, 3.05) is 0 Å². The van der Waals surface area contributed by atoms with Gasteiger partial charge in [0.05, 0.1) is 17.8 Å².